The topological polar surface area (TPSA) is 79.0 Å². The molecule has 150 valence electrons. The fourth-order valence-electron chi connectivity index (χ4n) is 5.93. The Kier molecular flexibility index (Phi) is 4.97. The zero-order valence-electron chi connectivity index (χ0n) is 15.6. The predicted molar refractivity (Wildman–Crippen MR) is 99.2 cm³/mol. The molecule has 1 N–H and O–H groups in total. The Hall–Kier alpha value is -1.18. The number of hydrogen-bond acceptors (Lipinski definition) is 5. The molecule has 6 atom stereocenters. The maximum absolute atomic E-state index is 12.7. The molecule has 5 saturated heterocycles. The van der Waals surface area contributed by atoms with Gasteiger partial charge in [-0.15, -0.1) is 12.4 Å². The lowest BCUT2D eigenvalue weighted by atomic mass is 9.81. The van der Waals surface area contributed by atoms with Gasteiger partial charge in [0.25, 0.3) is 0 Å². The minimum atomic E-state index is -0.297. The summed E-state index contributed by atoms with van der Waals surface area (Å²) in [5.74, 6) is -0.804. The molecule has 5 aliphatic rings. The minimum Gasteiger partial charge on any atom is -0.373 e. The molecule has 0 aromatic rings. The van der Waals surface area contributed by atoms with Gasteiger partial charge in [-0.3, -0.25) is 19.3 Å². The van der Waals surface area contributed by atoms with Crippen LogP contribution in [-0.4, -0.2) is 71.4 Å². The van der Waals surface area contributed by atoms with Crippen LogP contribution in [0.1, 0.15) is 44.9 Å². The van der Waals surface area contributed by atoms with Crippen molar-refractivity contribution in [2.24, 2.45) is 11.8 Å². The molecule has 8 heteroatoms. The summed E-state index contributed by atoms with van der Waals surface area (Å²) < 4.78 is 5.75. The molecule has 5 fully saturated rings. The SMILES string of the molecule is CN(C(=O)CCN1C(=O)C2C3CCC(O3)C2C1=O)C1CC2CCC(C1)N2.Cl. The normalized spacial score (nSPS) is 41.7. The monoisotopic (exact) mass is 397 g/mol. The van der Waals surface area contributed by atoms with Gasteiger partial charge in [-0.25, -0.2) is 0 Å². The van der Waals surface area contributed by atoms with E-state index < -0.39 is 0 Å². The summed E-state index contributed by atoms with van der Waals surface area (Å²) in [5.41, 5.74) is 0. The minimum absolute atomic E-state index is 0. The van der Waals surface area contributed by atoms with Crippen LogP contribution in [-0.2, 0) is 19.1 Å². The molecule has 7 nitrogen and oxygen atoms in total. The van der Waals surface area contributed by atoms with Crippen molar-refractivity contribution < 1.29 is 19.1 Å². The van der Waals surface area contributed by atoms with Gasteiger partial charge in [-0.1, -0.05) is 0 Å². The number of piperidine rings is 1. The highest BCUT2D eigenvalue weighted by Crippen LogP contribution is 2.48. The molecular formula is C19H28ClN3O4. The second-order valence-electron chi connectivity index (χ2n) is 8.69. The zero-order chi connectivity index (χ0) is 18.0. The fourth-order valence-corrected chi connectivity index (χ4v) is 5.93. The molecule has 5 rings (SSSR count). The maximum atomic E-state index is 12.7. The van der Waals surface area contributed by atoms with Gasteiger partial charge in [0.15, 0.2) is 0 Å². The number of hydrogen-bond donors (Lipinski definition) is 1. The molecule has 5 heterocycles. The van der Waals surface area contributed by atoms with Crippen LogP contribution in [0.4, 0.5) is 0 Å². The molecule has 0 aromatic heterocycles. The molecular weight excluding hydrogens is 370 g/mol. The van der Waals surface area contributed by atoms with Crippen molar-refractivity contribution in [2.75, 3.05) is 13.6 Å². The number of halogens is 1. The molecule has 0 aromatic carbocycles. The van der Waals surface area contributed by atoms with Crippen LogP contribution in [0.5, 0.6) is 0 Å². The summed E-state index contributed by atoms with van der Waals surface area (Å²) in [6.45, 7) is 0.213. The van der Waals surface area contributed by atoms with Crippen molar-refractivity contribution in [1.29, 1.82) is 0 Å². The van der Waals surface area contributed by atoms with Gasteiger partial charge in [0.2, 0.25) is 17.7 Å². The fraction of sp³-hybridized carbons (Fsp3) is 0.842. The highest BCUT2D eigenvalue weighted by molar-refractivity contribution is 6.06. The van der Waals surface area contributed by atoms with Gasteiger partial charge in [0.1, 0.15) is 0 Å². The largest absolute Gasteiger partial charge is 0.373 e. The number of imide groups is 1. The lowest BCUT2D eigenvalue weighted by Crippen LogP contribution is -2.49. The molecule has 4 bridgehead atoms. The third-order valence-corrected chi connectivity index (χ3v) is 7.31. The van der Waals surface area contributed by atoms with Crippen molar-refractivity contribution in [3.8, 4) is 0 Å². The van der Waals surface area contributed by atoms with E-state index in [0.29, 0.717) is 12.1 Å². The Bertz CT molecular complexity index is 619. The number of nitrogens with one attached hydrogen (secondary N) is 1. The van der Waals surface area contributed by atoms with E-state index in [1.165, 1.54) is 17.7 Å². The molecule has 3 amide bonds. The third kappa shape index (κ3) is 2.98. The van der Waals surface area contributed by atoms with Crippen LogP contribution in [0.3, 0.4) is 0 Å². The highest BCUT2D eigenvalue weighted by atomic mass is 35.5. The third-order valence-electron chi connectivity index (χ3n) is 7.31. The number of rotatable bonds is 4. The second-order valence-corrected chi connectivity index (χ2v) is 8.69. The van der Waals surface area contributed by atoms with Gasteiger partial charge >= 0.3 is 0 Å². The van der Waals surface area contributed by atoms with Gasteiger partial charge in [-0.05, 0) is 38.5 Å². The van der Waals surface area contributed by atoms with Crippen molar-refractivity contribution in [1.82, 2.24) is 15.1 Å². The first-order chi connectivity index (χ1) is 12.5. The molecule has 27 heavy (non-hydrogen) atoms. The molecule has 6 unspecified atom stereocenters. The van der Waals surface area contributed by atoms with E-state index in [-0.39, 0.29) is 73.2 Å². The quantitative estimate of drug-likeness (QED) is 0.706. The van der Waals surface area contributed by atoms with Gasteiger partial charge in [0.05, 0.1) is 24.0 Å². The summed E-state index contributed by atoms with van der Waals surface area (Å²) in [7, 11) is 1.87. The summed E-state index contributed by atoms with van der Waals surface area (Å²) >= 11 is 0. The van der Waals surface area contributed by atoms with E-state index in [2.05, 4.69) is 5.32 Å². The first-order valence-electron chi connectivity index (χ1n) is 10.1. The van der Waals surface area contributed by atoms with Gasteiger partial charge in [0, 0.05) is 38.1 Å². The Balaban J connectivity index is 0.00000180. The average Bonchev–Trinajstić information content (AvgIpc) is 3.38. The number of nitrogens with zero attached hydrogens (tertiary/aromatic N) is 2. The van der Waals surface area contributed by atoms with Crippen LogP contribution in [0.25, 0.3) is 0 Å². The first kappa shape index (κ1) is 19.2. The second kappa shape index (κ2) is 7.01. The van der Waals surface area contributed by atoms with E-state index >= 15 is 0 Å². The average molecular weight is 398 g/mol. The van der Waals surface area contributed by atoms with Crippen molar-refractivity contribution in [3.63, 3.8) is 0 Å². The maximum Gasteiger partial charge on any atom is 0.235 e. The molecule has 0 aliphatic carbocycles. The molecule has 5 aliphatic heterocycles. The standard InChI is InChI=1S/C19H27N3O4.ClH/c1-21(12-8-10-2-3-11(9-12)20-10)15(23)6-7-22-18(24)16-13-4-5-14(26-13)17(16)19(22)25;/h10-14,16-17,20H,2-9H2,1H3;1H. The Morgan fingerprint density at radius 3 is 2.19 bits per heavy atom. The molecule has 0 spiro atoms. The number of likely N-dealkylation sites (tertiary alicyclic amines) is 1. The van der Waals surface area contributed by atoms with E-state index in [1.54, 1.807) is 0 Å². The van der Waals surface area contributed by atoms with E-state index in [4.69, 9.17) is 4.74 Å². The van der Waals surface area contributed by atoms with E-state index in [1.807, 2.05) is 11.9 Å². The smallest absolute Gasteiger partial charge is 0.235 e. The Morgan fingerprint density at radius 1 is 1.07 bits per heavy atom. The number of fused-ring (bicyclic) bond motifs is 7. The van der Waals surface area contributed by atoms with Crippen molar-refractivity contribution in [2.45, 2.75) is 75.3 Å². The molecule has 0 saturated carbocycles. The number of carbonyl (C=O) groups excluding carboxylic acids is 3. The first-order valence-corrected chi connectivity index (χ1v) is 10.1. The van der Waals surface area contributed by atoms with Crippen LogP contribution < -0.4 is 5.32 Å². The summed E-state index contributed by atoms with van der Waals surface area (Å²) in [4.78, 5) is 41.2. The van der Waals surface area contributed by atoms with Crippen LogP contribution in [0.15, 0.2) is 0 Å². The summed E-state index contributed by atoms with van der Waals surface area (Å²) in [6.07, 6.45) is 6.21. The molecule has 0 radical (unpaired) electrons. The number of carbonyl (C=O) groups is 3. The van der Waals surface area contributed by atoms with Crippen LogP contribution in [0.2, 0.25) is 0 Å². The van der Waals surface area contributed by atoms with E-state index in [0.717, 1.165) is 25.7 Å². The zero-order valence-corrected chi connectivity index (χ0v) is 16.5. The Labute approximate surface area is 165 Å². The number of amides is 3. The van der Waals surface area contributed by atoms with Crippen molar-refractivity contribution in [3.05, 3.63) is 0 Å². The predicted octanol–water partition coefficient (Wildman–Crippen LogP) is 0.702. The number of ether oxygens (including phenoxy) is 1. The van der Waals surface area contributed by atoms with Gasteiger partial charge in [-0.2, -0.15) is 0 Å². The van der Waals surface area contributed by atoms with E-state index in [9.17, 15) is 14.4 Å². The van der Waals surface area contributed by atoms with Crippen LogP contribution >= 0.6 is 12.4 Å². The lowest BCUT2D eigenvalue weighted by molar-refractivity contribution is -0.143. The summed E-state index contributed by atoms with van der Waals surface area (Å²) in [5, 5.41) is 3.59. The highest BCUT2D eigenvalue weighted by Gasteiger charge is 2.62. The summed E-state index contributed by atoms with van der Waals surface area (Å²) in [6, 6.07) is 1.34. The van der Waals surface area contributed by atoms with Crippen molar-refractivity contribution >= 4 is 30.1 Å². The lowest BCUT2D eigenvalue weighted by Gasteiger charge is -2.35. The van der Waals surface area contributed by atoms with Crippen LogP contribution in [0, 0.1) is 11.8 Å². The van der Waals surface area contributed by atoms with Gasteiger partial charge < -0.3 is 15.0 Å². The Morgan fingerprint density at radius 2 is 1.63 bits per heavy atom.